The third-order valence-corrected chi connectivity index (χ3v) is 2.62. The van der Waals surface area contributed by atoms with Gasteiger partial charge in [0.2, 0.25) is 0 Å². The van der Waals surface area contributed by atoms with Crippen LogP contribution >= 0.6 is 15.9 Å². The lowest BCUT2D eigenvalue weighted by atomic mass is 10.3. The number of benzene rings is 1. The fourth-order valence-electron chi connectivity index (χ4n) is 1.09. The first-order chi connectivity index (χ1) is 8.43. The number of amides is 2. The van der Waals surface area contributed by atoms with Gasteiger partial charge in [-0.05, 0) is 34.1 Å². The minimum atomic E-state index is -1.40. The summed E-state index contributed by atoms with van der Waals surface area (Å²) in [5, 5.41) is 21.7. The fourth-order valence-corrected chi connectivity index (χ4v) is 1.54. The number of anilines is 1. The van der Waals surface area contributed by atoms with Crippen molar-refractivity contribution in [1.82, 2.24) is 5.32 Å². The monoisotopic (exact) mass is 320 g/mol. The molecule has 4 N–H and O–H groups in total. The third kappa shape index (κ3) is 3.97. The van der Waals surface area contributed by atoms with Gasteiger partial charge in [-0.25, -0.2) is 14.0 Å². The standard InChI is InChI=1S/C10H10BrFN2O4/c11-6-3-5(12)1-2-7(6)13-10(18)14-8(4-15)9(16)17/h1-3,8,15H,4H2,(H,16,17)(H2,13,14,18)/t8-/m1/s1. The lowest BCUT2D eigenvalue weighted by Gasteiger charge is -2.13. The molecule has 0 spiro atoms. The second-order valence-corrected chi connectivity index (χ2v) is 4.15. The van der Waals surface area contributed by atoms with Crippen LogP contribution in [-0.4, -0.2) is 34.9 Å². The highest BCUT2D eigenvalue weighted by atomic mass is 79.9. The molecule has 6 nitrogen and oxygen atoms in total. The molecule has 1 atom stereocenters. The number of carbonyl (C=O) groups is 2. The van der Waals surface area contributed by atoms with Crippen molar-refractivity contribution in [1.29, 1.82) is 0 Å². The number of aliphatic carboxylic acids is 1. The highest BCUT2D eigenvalue weighted by Crippen LogP contribution is 2.22. The number of urea groups is 1. The maximum absolute atomic E-state index is 12.8. The number of hydrogen-bond acceptors (Lipinski definition) is 3. The Morgan fingerprint density at radius 3 is 2.61 bits per heavy atom. The molecule has 0 heterocycles. The lowest BCUT2D eigenvalue weighted by Crippen LogP contribution is -2.45. The van der Waals surface area contributed by atoms with E-state index in [1.165, 1.54) is 6.07 Å². The topological polar surface area (TPSA) is 98.7 Å². The highest BCUT2D eigenvalue weighted by Gasteiger charge is 2.18. The van der Waals surface area contributed by atoms with Gasteiger partial charge in [0.25, 0.3) is 0 Å². The minimum absolute atomic E-state index is 0.274. The summed E-state index contributed by atoms with van der Waals surface area (Å²) in [6, 6.07) is 1.39. The van der Waals surface area contributed by atoms with E-state index in [1.54, 1.807) is 0 Å². The summed E-state index contributed by atoms with van der Waals surface area (Å²) in [5.41, 5.74) is 0.274. The second-order valence-electron chi connectivity index (χ2n) is 3.30. The van der Waals surface area contributed by atoms with E-state index in [0.29, 0.717) is 4.47 Å². The molecular weight excluding hydrogens is 311 g/mol. The van der Waals surface area contributed by atoms with Crippen LogP contribution in [0.3, 0.4) is 0 Å². The van der Waals surface area contributed by atoms with Gasteiger partial charge in [-0.3, -0.25) is 0 Å². The van der Waals surface area contributed by atoms with Crippen molar-refractivity contribution in [3.05, 3.63) is 28.5 Å². The Labute approximate surface area is 110 Å². The molecule has 1 aromatic carbocycles. The van der Waals surface area contributed by atoms with Crippen molar-refractivity contribution in [3.8, 4) is 0 Å². The van der Waals surface area contributed by atoms with Crippen LogP contribution in [0.1, 0.15) is 0 Å². The normalized spacial score (nSPS) is 11.7. The maximum atomic E-state index is 12.8. The predicted octanol–water partition coefficient (Wildman–Crippen LogP) is 1.16. The van der Waals surface area contributed by atoms with E-state index in [-0.39, 0.29) is 5.69 Å². The Morgan fingerprint density at radius 2 is 2.11 bits per heavy atom. The molecule has 8 heteroatoms. The zero-order valence-electron chi connectivity index (χ0n) is 8.98. The molecule has 0 saturated heterocycles. The smallest absolute Gasteiger partial charge is 0.328 e. The summed E-state index contributed by atoms with van der Waals surface area (Å²) in [4.78, 5) is 22.0. The SMILES string of the molecule is O=C(Nc1ccc(F)cc1Br)N[C@H](CO)C(=O)O. The summed E-state index contributed by atoms with van der Waals surface area (Å²) in [5.74, 6) is -1.84. The van der Waals surface area contributed by atoms with Crippen LogP contribution in [0.15, 0.2) is 22.7 Å². The van der Waals surface area contributed by atoms with Gasteiger partial charge in [0, 0.05) is 4.47 Å². The number of aliphatic hydroxyl groups is 1. The van der Waals surface area contributed by atoms with Crippen molar-refractivity contribution in [2.45, 2.75) is 6.04 Å². The van der Waals surface area contributed by atoms with E-state index in [4.69, 9.17) is 10.2 Å². The van der Waals surface area contributed by atoms with E-state index in [1.807, 2.05) is 5.32 Å². The molecule has 0 saturated carbocycles. The summed E-state index contributed by atoms with van der Waals surface area (Å²) in [7, 11) is 0. The summed E-state index contributed by atoms with van der Waals surface area (Å²) in [6.07, 6.45) is 0. The molecule has 0 aromatic heterocycles. The molecule has 1 rings (SSSR count). The number of carboxylic acids is 1. The number of aliphatic hydroxyl groups excluding tert-OH is 1. The molecule has 0 aliphatic rings. The molecular formula is C10H10BrFN2O4. The highest BCUT2D eigenvalue weighted by molar-refractivity contribution is 9.10. The van der Waals surface area contributed by atoms with Gasteiger partial charge in [0.1, 0.15) is 5.82 Å². The molecule has 2 amide bonds. The Kier molecular flexibility index (Phi) is 5.05. The van der Waals surface area contributed by atoms with Gasteiger partial charge in [-0.1, -0.05) is 0 Å². The molecule has 0 aliphatic heterocycles. The van der Waals surface area contributed by atoms with Crippen LogP contribution in [0.4, 0.5) is 14.9 Å². The molecule has 0 bridgehead atoms. The zero-order chi connectivity index (χ0) is 13.7. The van der Waals surface area contributed by atoms with Crippen LogP contribution in [0.2, 0.25) is 0 Å². The molecule has 1 aromatic rings. The first kappa shape index (κ1) is 14.4. The summed E-state index contributed by atoms with van der Waals surface area (Å²) < 4.78 is 13.1. The predicted molar refractivity (Wildman–Crippen MR) is 64.8 cm³/mol. The molecule has 98 valence electrons. The average molecular weight is 321 g/mol. The minimum Gasteiger partial charge on any atom is -0.480 e. The van der Waals surface area contributed by atoms with Crippen molar-refractivity contribution < 1.29 is 24.2 Å². The first-order valence-corrected chi connectivity index (χ1v) is 5.59. The molecule has 0 radical (unpaired) electrons. The first-order valence-electron chi connectivity index (χ1n) is 4.80. The van der Waals surface area contributed by atoms with Crippen molar-refractivity contribution >= 4 is 33.6 Å². The molecule has 18 heavy (non-hydrogen) atoms. The van der Waals surface area contributed by atoms with Crippen LogP contribution in [-0.2, 0) is 4.79 Å². The van der Waals surface area contributed by atoms with E-state index in [0.717, 1.165) is 12.1 Å². The van der Waals surface area contributed by atoms with Gasteiger partial charge >= 0.3 is 12.0 Å². The largest absolute Gasteiger partial charge is 0.480 e. The number of nitrogens with one attached hydrogen (secondary N) is 2. The fraction of sp³-hybridized carbons (Fsp3) is 0.200. The third-order valence-electron chi connectivity index (χ3n) is 1.97. The van der Waals surface area contributed by atoms with E-state index < -0.39 is 30.5 Å². The number of halogens is 2. The van der Waals surface area contributed by atoms with Crippen molar-refractivity contribution in [2.75, 3.05) is 11.9 Å². The molecule has 0 unspecified atom stereocenters. The zero-order valence-corrected chi connectivity index (χ0v) is 10.6. The van der Waals surface area contributed by atoms with Crippen LogP contribution in [0.25, 0.3) is 0 Å². The van der Waals surface area contributed by atoms with Crippen molar-refractivity contribution in [3.63, 3.8) is 0 Å². The van der Waals surface area contributed by atoms with Crippen molar-refractivity contribution in [2.24, 2.45) is 0 Å². The van der Waals surface area contributed by atoms with Crippen LogP contribution < -0.4 is 10.6 Å². The number of carbonyl (C=O) groups excluding carboxylic acids is 1. The molecule has 0 fully saturated rings. The lowest BCUT2D eigenvalue weighted by molar-refractivity contribution is -0.140. The van der Waals surface area contributed by atoms with Gasteiger partial charge in [0.15, 0.2) is 6.04 Å². The van der Waals surface area contributed by atoms with Gasteiger partial charge in [-0.15, -0.1) is 0 Å². The second kappa shape index (κ2) is 6.31. The van der Waals surface area contributed by atoms with Crippen LogP contribution in [0, 0.1) is 5.82 Å². The maximum Gasteiger partial charge on any atom is 0.328 e. The van der Waals surface area contributed by atoms with Gasteiger partial charge in [0.05, 0.1) is 12.3 Å². The summed E-state index contributed by atoms with van der Waals surface area (Å²) in [6.45, 7) is -0.729. The molecule has 0 aliphatic carbocycles. The van der Waals surface area contributed by atoms with Crippen LogP contribution in [0.5, 0.6) is 0 Å². The number of carboxylic acid groups (broad SMARTS) is 1. The Hall–Kier alpha value is -1.67. The van der Waals surface area contributed by atoms with E-state index >= 15 is 0 Å². The Balaban J connectivity index is 2.67. The number of hydrogen-bond donors (Lipinski definition) is 4. The average Bonchev–Trinajstić information content (AvgIpc) is 2.29. The van der Waals surface area contributed by atoms with E-state index in [9.17, 15) is 14.0 Å². The Bertz CT molecular complexity index is 469. The number of rotatable bonds is 4. The quantitative estimate of drug-likeness (QED) is 0.669. The Morgan fingerprint density at radius 1 is 1.44 bits per heavy atom. The van der Waals surface area contributed by atoms with E-state index in [2.05, 4.69) is 21.2 Å². The van der Waals surface area contributed by atoms with Gasteiger partial charge < -0.3 is 20.8 Å². The van der Waals surface area contributed by atoms with Gasteiger partial charge in [-0.2, -0.15) is 0 Å². The summed E-state index contributed by atoms with van der Waals surface area (Å²) >= 11 is 3.04.